The zero-order chi connectivity index (χ0) is 13.4. The summed E-state index contributed by atoms with van der Waals surface area (Å²) in [5.74, 6) is 0. The van der Waals surface area contributed by atoms with Gasteiger partial charge in [0.2, 0.25) is 0 Å². The van der Waals surface area contributed by atoms with Gasteiger partial charge in [-0.2, -0.15) is 0 Å². The van der Waals surface area contributed by atoms with Crippen LogP contribution in [0.4, 0.5) is 5.00 Å². The van der Waals surface area contributed by atoms with Crippen LogP contribution in [0.5, 0.6) is 0 Å². The summed E-state index contributed by atoms with van der Waals surface area (Å²) in [5.41, 5.74) is 0. The summed E-state index contributed by atoms with van der Waals surface area (Å²) < 4.78 is 4.99. The molecule has 0 unspecified atom stereocenters. The first-order chi connectivity index (χ1) is 8.63. The van der Waals surface area contributed by atoms with Gasteiger partial charge in [0, 0.05) is 44.2 Å². The molecular weight excluding hydrogens is 254 g/mol. The van der Waals surface area contributed by atoms with Crippen molar-refractivity contribution in [3.8, 4) is 0 Å². The van der Waals surface area contributed by atoms with Gasteiger partial charge < -0.3 is 15.0 Å². The van der Waals surface area contributed by atoms with Crippen LogP contribution in [0.25, 0.3) is 0 Å². The topological polar surface area (TPSA) is 67.6 Å². The molecule has 0 aliphatic carbocycles. The fourth-order valence-electron chi connectivity index (χ4n) is 1.40. The van der Waals surface area contributed by atoms with Crippen LogP contribution in [0.2, 0.25) is 0 Å². The largest absolute Gasteiger partial charge is 0.383 e. The number of rotatable bonds is 9. The lowest BCUT2D eigenvalue weighted by Gasteiger charge is -2.15. The van der Waals surface area contributed by atoms with Gasteiger partial charge in [-0.15, -0.1) is 0 Å². The zero-order valence-electron chi connectivity index (χ0n) is 10.7. The molecule has 0 fully saturated rings. The number of hydrogen-bond donors (Lipinski definition) is 1. The van der Waals surface area contributed by atoms with Gasteiger partial charge in [0.25, 0.3) is 0 Å². The standard InChI is InChI=1S/C11H19N3O3S/c1-13(7-8-17-2)6-5-12-9-10-3-4-11(18-10)14(15)16/h3-4,12H,5-9H2,1-2H3. The van der Waals surface area contributed by atoms with E-state index in [1.165, 1.54) is 11.3 Å². The Bertz CT molecular complexity index is 370. The van der Waals surface area contributed by atoms with Crippen LogP contribution in [0.3, 0.4) is 0 Å². The Morgan fingerprint density at radius 2 is 2.28 bits per heavy atom. The van der Waals surface area contributed by atoms with Crippen molar-refractivity contribution in [3.05, 3.63) is 27.1 Å². The summed E-state index contributed by atoms with van der Waals surface area (Å²) in [6, 6.07) is 3.34. The second-order valence-electron chi connectivity index (χ2n) is 3.97. The molecule has 1 heterocycles. The van der Waals surface area contributed by atoms with E-state index in [0.717, 1.165) is 31.1 Å². The van der Waals surface area contributed by atoms with Gasteiger partial charge in [0.1, 0.15) is 0 Å². The van der Waals surface area contributed by atoms with Crippen LogP contribution in [0.1, 0.15) is 4.88 Å². The molecular formula is C11H19N3O3S. The highest BCUT2D eigenvalue weighted by atomic mass is 32.1. The summed E-state index contributed by atoms with van der Waals surface area (Å²) in [5, 5.41) is 14.0. The molecule has 0 aliphatic rings. The van der Waals surface area contributed by atoms with Crippen molar-refractivity contribution in [2.75, 3.05) is 40.4 Å². The lowest BCUT2D eigenvalue weighted by Crippen LogP contribution is -2.31. The minimum atomic E-state index is -0.354. The van der Waals surface area contributed by atoms with Crippen LogP contribution in [-0.4, -0.2) is 50.2 Å². The molecule has 7 heteroatoms. The van der Waals surface area contributed by atoms with E-state index in [0.29, 0.717) is 6.54 Å². The lowest BCUT2D eigenvalue weighted by atomic mass is 10.4. The molecule has 0 saturated carbocycles. The number of likely N-dealkylation sites (N-methyl/N-ethyl adjacent to an activating group) is 1. The summed E-state index contributed by atoms with van der Waals surface area (Å²) in [4.78, 5) is 13.3. The highest BCUT2D eigenvalue weighted by Crippen LogP contribution is 2.23. The predicted octanol–water partition coefficient (Wildman–Crippen LogP) is 1.32. The predicted molar refractivity (Wildman–Crippen MR) is 72.1 cm³/mol. The van der Waals surface area contributed by atoms with Gasteiger partial charge in [-0.1, -0.05) is 11.3 Å². The van der Waals surface area contributed by atoms with Gasteiger partial charge in [0.15, 0.2) is 0 Å². The van der Waals surface area contributed by atoms with E-state index >= 15 is 0 Å². The van der Waals surface area contributed by atoms with E-state index in [2.05, 4.69) is 10.2 Å². The summed E-state index contributed by atoms with van der Waals surface area (Å²) in [6.07, 6.45) is 0. The van der Waals surface area contributed by atoms with Crippen molar-refractivity contribution >= 4 is 16.3 Å². The normalized spacial score (nSPS) is 11.1. The smallest absolute Gasteiger partial charge is 0.324 e. The second kappa shape index (κ2) is 8.15. The van der Waals surface area contributed by atoms with E-state index < -0.39 is 0 Å². The van der Waals surface area contributed by atoms with Crippen molar-refractivity contribution in [2.45, 2.75) is 6.54 Å². The average Bonchev–Trinajstić information content (AvgIpc) is 2.81. The van der Waals surface area contributed by atoms with Crippen LogP contribution in [0, 0.1) is 10.1 Å². The number of nitrogens with one attached hydrogen (secondary N) is 1. The van der Waals surface area contributed by atoms with E-state index in [9.17, 15) is 10.1 Å². The fraction of sp³-hybridized carbons (Fsp3) is 0.636. The Morgan fingerprint density at radius 1 is 1.50 bits per heavy atom. The van der Waals surface area contributed by atoms with E-state index in [1.807, 2.05) is 7.05 Å². The van der Waals surface area contributed by atoms with Gasteiger partial charge >= 0.3 is 5.00 Å². The maximum absolute atomic E-state index is 10.5. The molecule has 0 atom stereocenters. The van der Waals surface area contributed by atoms with Crippen LogP contribution < -0.4 is 5.32 Å². The maximum atomic E-state index is 10.5. The van der Waals surface area contributed by atoms with Gasteiger partial charge in [-0.05, 0) is 13.1 Å². The summed E-state index contributed by atoms with van der Waals surface area (Å²) >= 11 is 1.22. The molecule has 0 radical (unpaired) electrons. The number of nitrogens with zero attached hydrogens (tertiary/aromatic N) is 2. The van der Waals surface area contributed by atoms with E-state index in [4.69, 9.17) is 4.74 Å². The SMILES string of the molecule is COCCN(C)CCNCc1ccc([N+](=O)[O-])s1. The average molecular weight is 273 g/mol. The van der Waals surface area contributed by atoms with E-state index in [-0.39, 0.29) is 9.92 Å². The molecule has 6 nitrogen and oxygen atoms in total. The first kappa shape index (κ1) is 15.0. The molecule has 0 aromatic carbocycles. The molecule has 0 saturated heterocycles. The fourth-order valence-corrected chi connectivity index (χ4v) is 2.19. The van der Waals surface area contributed by atoms with Crippen molar-refractivity contribution in [2.24, 2.45) is 0 Å². The minimum absolute atomic E-state index is 0.198. The Morgan fingerprint density at radius 3 is 2.89 bits per heavy atom. The van der Waals surface area contributed by atoms with Crippen molar-refractivity contribution in [1.29, 1.82) is 0 Å². The van der Waals surface area contributed by atoms with Gasteiger partial charge in [0.05, 0.1) is 11.5 Å². The monoisotopic (exact) mass is 273 g/mol. The molecule has 0 bridgehead atoms. The second-order valence-corrected chi connectivity index (χ2v) is 5.12. The lowest BCUT2D eigenvalue weighted by molar-refractivity contribution is -0.380. The Labute approximate surface area is 111 Å². The quantitative estimate of drug-likeness (QED) is 0.417. The number of thiophene rings is 1. The molecule has 1 aromatic rings. The number of hydrogen-bond acceptors (Lipinski definition) is 6. The number of nitro groups is 1. The number of ether oxygens (including phenoxy) is 1. The molecule has 1 N–H and O–H groups in total. The Hall–Kier alpha value is -1.02. The summed E-state index contributed by atoms with van der Waals surface area (Å²) in [6.45, 7) is 4.09. The third-order valence-electron chi connectivity index (χ3n) is 2.47. The maximum Gasteiger partial charge on any atom is 0.324 e. The Balaban J connectivity index is 2.15. The number of methoxy groups -OCH3 is 1. The van der Waals surface area contributed by atoms with E-state index in [1.54, 1.807) is 19.2 Å². The molecule has 0 amide bonds. The highest BCUT2D eigenvalue weighted by Gasteiger charge is 2.08. The van der Waals surface area contributed by atoms with Gasteiger partial charge in [-0.25, -0.2) is 0 Å². The molecule has 1 rings (SSSR count). The molecule has 0 spiro atoms. The van der Waals surface area contributed by atoms with Crippen molar-refractivity contribution < 1.29 is 9.66 Å². The first-order valence-corrected chi connectivity index (χ1v) is 6.56. The third kappa shape index (κ3) is 5.54. The van der Waals surface area contributed by atoms with Crippen LogP contribution in [0.15, 0.2) is 12.1 Å². The third-order valence-corrected chi connectivity index (χ3v) is 3.51. The van der Waals surface area contributed by atoms with Crippen molar-refractivity contribution in [1.82, 2.24) is 10.2 Å². The van der Waals surface area contributed by atoms with Crippen LogP contribution >= 0.6 is 11.3 Å². The molecule has 18 heavy (non-hydrogen) atoms. The highest BCUT2D eigenvalue weighted by molar-refractivity contribution is 7.15. The molecule has 1 aromatic heterocycles. The molecule has 102 valence electrons. The zero-order valence-corrected chi connectivity index (χ0v) is 11.5. The minimum Gasteiger partial charge on any atom is -0.383 e. The van der Waals surface area contributed by atoms with Crippen molar-refractivity contribution in [3.63, 3.8) is 0 Å². The summed E-state index contributed by atoms with van der Waals surface area (Å²) in [7, 11) is 3.73. The molecule has 0 aliphatic heterocycles. The van der Waals surface area contributed by atoms with Crippen LogP contribution in [-0.2, 0) is 11.3 Å². The Kier molecular flexibility index (Phi) is 6.81. The first-order valence-electron chi connectivity index (χ1n) is 5.74. The van der Waals surface area contributed by atoms with Gasteiger partial charge in [-0.3, -0.25) is 10.1 Å².